The van der Waals surface area contributed by atoms with Crippen LogP contribution in [0.2, 0.25) is 11.6 Å². The second kappa shape index (κ2) is 11.3. The van der Waals surface area contributed by atoms with Crippen molar-refractivity contribution in [3.05, 3.63) is 0 Å². The first-order valence-corrected chi connectivity index (χ1v) is 12.3. The Bertz CT molecular complexity index is 577. The first kappa shape index (κ1) is 31.5. The van der Waals surface area contributed by atoms with Gasteiger partial charge < -0.3 is 14.2 Å². The van der Waals surface area contributed by atoms with Crippen molar-refractivity contribution in [3.63, 3.8) is 0 Å². The summed E-state index contributed by atoms with van der Waals surface area (Å²) in [5.41, 5.74) is -1.39. The molecule has 32 heavy (non-hydrogen) atoms. The molecule has 0 aromatic carbocycles. The summed E-state index contributed by atoms with van der Waals surface area (Å²) >= 11 is 0. The van der Waals surface area contributed by atoms with Gasteiger partial charge in [-0.15, -0.1) is 0 Å². The Morgan fingerprint density at radius 3 is 1.53 bits per heavy atom. The van der Waals surface area contributed by atoms with Crippen LogP contribution in [0.3, 0.4) is 0 Å². The molecule has 1 radical (unpaired) electrons. The van der Waals surface area contributed by atoms with Gasteiger partial charge in [0.05, 0.1) is 29.8 Å². The van der Waals surface area contributed by atoms with Crippen LogP contribution in [0.15, 0.2) is 0 Å². The Hall–Kier alpha value is -0.545. The average Bonchev–Trinajstić information content (AvgIpc) is 2.56. The van der Waals surface area contributed by atoms with E-state index in [9.17, 15) is 4.79 Å². The zero-order valence-corrected chi connectivity index (χ0v) is 24.0. The van der Waals surface area contributed by atoms with E-state index in [1.807, 2.05) is 13.8 Å². The molecule has 4 nitrogen and oxygen atoms in total. The zero-order valence-electron chi connectivity index (χ0n) is 24.0. The molecule has 0 amide bonds. The van der Waals surface area contributed by atoms with Crippen molar-refractivity contribution in [2.45, 2.75) is 133 Å². The second-order valence-corrected chi connectivity index (χ2v) is 13.7. The second-order valence-electron chi connectivity index (χ2n) is 13.7. The van der Waals surface area contributed by atoms with E-state index in [2.05, 4.69) is 90.4 Å². The highest BCUT2D eigenvalue weighted by atomic mass is 16.5. The van der Waals surface area contributed by atoms with Crippen molar-refractivity contribution in [2.24, 2.45) is 16.2 Å². The number of hydrogen-bond acceptors (Lipinski definition) is 4. The van der Waals surface area contributed by atoms with Crippen LogP contribution in [0.25, 0.3) is 0 Å². The largest absolute Gasteiger partial charge is 0.465 e. The molecular formula is C27H54BO4. The van der Waals surface area contributed by atoms with E-state index in [0.717, 1.165) is 19.3 Å². The molecule has 0 bridgehead atoms. The lowest BCUT2D eigenvalue weighted by molar-refractivity contribution is -0.168. The quantitative estimate of drug-likeness (QED) is 0.166. The van der Waals surface area contributed by atoms with Gasteiger partial charge >= 0.3 is 5.97 Å². The van der Waals surface area contributed by atoms with E-state index in [0.29, 0.717) is 19.6 Å². The van der Waals surface area contributed by atoms with Crippen LogP contribution in [0.4, 0.5) is 0 Å². The van der Waals surface area contributed by atoms with Gasteiger partial charge in [0.2, 0.25) is 0 Å². The van der Waals surface area contributed by atoms with Crippen molar-refractivity contribution in [3.8, 4) is 0 Å². The smallest absolute Gasteiger partial charge is 0.312 e. The molecule has 0 aliphatic heterocycles. The van der Waals surface area contributed by atoms with Gasteiger partial charge in [-0.25, -0.2) is 0 Å². The monoisotopic (exact) mass is 453 g/mol. The van der Waals surface area contributed by atoms with Gasteiger partial charge in [-0.05, 0) is 58.8 Å². The Morgan fingerprint density at radius 2 is 1.09 bits per heavy atom. The molecule has 0 heterocycles. The van der Waals surface area contributed by atoms with Crippen LogP contribution in [0.5, 0.6) is 0 Å². The zero-order chi connectivity index (χ0) is 25.6. The van der Waals surface area contributed by atoms with Crippen LogP contribution in [-0.2, 0) is 19.0 Å². The highest BCUT2D eigenvalue weighted by Gasteiger charge is 2.50. The Morgan fingerprint density at radius 1 is 0.656 bits per heavy atom. The van der Waals surface area contributed by atoms with E-state index in [1.54, 1.807) is 0 Å². The molecule has 0 saturated carbocycles. The highest BCUT2D eigenvalue weighted by Crippen LogP contribution is 2.51. The lowest BCUT2D eigenvalue weighted by Crippen LogP contribution is -2.48. The lowest BCUT2D eigenvalue weighted by atomic mass is 9.53. The average molecular weight is 454 g/mol. The van der Waals surface area contributed by atoms with Gasteiger partial charge in [0.15, 0.2) is 0 Å². The maximum atomic E-state index is 12.9. The maximum absolute atomic E-state index is 12.9. The third kappa shape index (κ3) is 10.6. The Balaban J connectivity index is 4.47. The molecule has 0 atom stereocenters. The molecule has 189 valence electrons. The third-order valence-electron chi connectivity index (χ3n) is 7.45. The molecule has 0 N–H and O–H groups in total. The maximum Gasteiger partial charge on any atom is 0.312 e. The summed E-state index contributed by atoms with van der Waals surface area (Å²) in [4.78, 5) is 12.9. The molecule has 0 unspecified atom stereocenters. The minimum atomic E-state index is -0.581. The molecule has 0 spiro atoms. The number of esters is 1. The van der Waals surface area contributed by atoms with Crippen molar-refractivity contribution in [2.75, 3.05) is 19.8 Å². The van der Waals surface area contributed by atoms with Crippen LogP contribution in [-0.4, -0.2) is 44.3 Å². The molecule has 0 rings (SSSR count). The molecule has 0 aromatic heterocycles. The van der Waals surface area contributed by atoms with E-state index < -0.39 is 5.41 Å². The Labute approximate surface area is 201 Å². The third-order valence-corrected chi connectivity index (χ3v) is 7.45. The molecule has 0 aliphatic rings. The van der Waals surface area contributed by atoms with Crippen LogP contribution in [0, 0.1) is 16.2 Å². The fourth-order valence-electron chi connectivity index (χ4n) is 3.31. The normalized spacial score (nSPS) is 14.4. The predicted molar refractivity (Wildman–Crippen MR) is 138 cm³/mol. The number of hydrogen-bond donors (Lipinski definition) is 0. The van der Waals surface area contributed by atoms with Gasteiger partial charge in [0.25, 0.3) is 0 Å². The van der Waals surface area contributed by atoms with Crippen molar-refractivity contribution in [1.82, 2.24) is 0 Å². The summed E-state index contributed by atoms with van der Waals surface area (Å²) in [7, 11) is 2.30. The summed E-state index contributed by atoms with van der Waals surface area (Å²) in [5, 5.41) is 0.224. The summed E-state index contributed by atoms with van der Waals surface area (Å²) in [6.45, 7) is 31.4. The number of carbonyl (C=O) groups excluding carboxylic acids is 1. The van der Waals surface area contributed by atoms with Crippen molar-refractivity contribution >= 4 is 13.2 Å². The summed E-state index contributed by atoms with van der Waals surface area (Å²) < 4.78 is 17.9. The molecule has 0 fully saturated rings. The van der Waals surface area contributed by atoms with Gasteiger partial charge in [-0.2, -0.15) is 0 Å². The van der Waals surface area contributed by atoms with Crippen molar-refractivity contribution in [1.29, 1.82) is 0 Å². The van der Waals surface area contributed by atoms with Crippen LogP contribution < -0.4 is 0 Å². The van der Waals surface area contributed by atoms with Gasteiger partial charge in [0.1, 0.15) is 7.28 Å². The van der Waals surface area contributed by atoms with Crippen molar-refractivity contribution < 1.29 is 19.0 Å². The number of rotatable bonds is 13. The summed E-state index contributed by atoms with van der Waals surface area (Å²) in [5.74, 6) is -0.144. The first-order valence-electron chi connectivity index (χ1n) is 12.3. The van der Waals surface area contributed by atoms with E-state index in [4.69, 9.17) is 14.2 Å². The molecular weight excluding hydrogens is 399 g/mol. The van der Waals surface area contributed by atoms with Crippen LogP contribution >= 0.6 is 0 Å². The Kier molecular flexibility index (Phi) is 11.1. The summed E-state index contributed by atoms with van der Waals surface area (Å²) in [6.07, 6.45) is 2.43. The molecule has 5 heteroatoms. The van der Waals surface area contributed by atoms with E-state index in [1.165, 1.54) is 0 Å². The molecule has 0 aliphatic carbocycles. The minimum Gasteiger partial charge on any atom is -0.465 e. The van der Waals surface area contributed by atoms with E-state index in [-0.39, 0.29) is 33.3 Å². The van der Waals surface area contributed by atoms with Gasteiger partial charge in [0, 0.05) is 13.0 Å². The summed E-state index contributed by atoms with van der Waals surface area (Å²) in [6, 6.07) is 0. The van der Waals surface area contributed by atoms with Crippen LogP contribution in [0.1, 0.15) is 110 Å². The minimum absolute atomic E-state index is 0.0163. The highest BCUT2D eigenvalue weighted by molar-refractivity contribution is 6.39. The first-order chi connectivity index (χ1) is 14.0. The molecule has 0 aromatic rings. The fraction of sp³-hybridized carbons (Fsp3) is 0.963. The van der Waals surface area contributed by atoms with Gasteiger partial charge in [-0.3, -0.25) is 4.79 Å². The fourth-order valence-corrected chi connectivity index (χ4v) is 3.31. The number of carbonyl (C=O) groups is 1. The topological polar surface area (TPSA) is 44.8 Å². The standard InChI is InChI=1S/C27H54BO4/c1-22(2,3)27(13,14)26(11,12)21(29)30-18-15-24(7,8)31-19-16-25(9,10)32-20-17-28-23(4,5)6/h15-20H2,1-14H3. The van der Waals surface area contributed by atoms with Gasteiger partial charge in [-0.1, -0.05) is 67.0 Å². The van der Waals surface area contributed by atoms with E-state index >= 15 is 0 Å². The lowest BCUT2D eigenvalue weighted by Gasteiger charge is -2.48. The SMILES string of the molecule is CC(C)(C)[B]CCOC(C)(C)CCOC(C)(C)CCOC(=O)C(C)(C)C(C)(C)C(C)(C)C. The molecule has 0 saturated heterocycles. The predicted octanol–water partition coefficient (Wildman–Crippen LogP) is 7.34. The number of ether oxygens (including phenoxy) is 3.